The van der Waals surface area contributed by atoms with Crippen LogP contribution in [0.15, 0.2) is 48.0 Å². The maximum absolute atomic E-state index is 13.1. The van der Waals surface area contributed by atoms with Crippen LogP contribution in [-0.4, -0.2) is 63.7 Å². The van der Waals surface area contributed by atoms with E-state index in [0.717, 1.165) is 12.0 Å². The molecule has 0 aliphatic carbocycles. The molecule has 0 saturated carbocycles. The molecule has 2 heterocycles. The number of carbonyl (C=O) groups excluding carboxylic acids is 1. The van der Waals surface area contributed by atoms with Crippen LogP contribution in [0.25, 0.3) is 17.5 Å². The van der Waals surface area contributed by atoms with Gasteiger partial charge in [-0.05, 0) is 37.6 Å². The molecule has 0 bridgehead atoms. The number of aromatic nitrogens is 2. The Morgan fingerprint density at radius 1 is 1.00 bits per heavy atom. The van der Waals surface area contributed by atoms with Crippen molar-refractivity contribution in [3.63, 3.8) is 0 Å². The standard InChI is InChI=1S/C30H34N2O9/c1-5-10-38-28-15-23(31-29(32-28)20-8-7-9-24(13-20)39-18-36-17-34-3)12-22(30(33)37-6-2)11-21-14-26-27(41-19-40-26)16-25(21)35-4/h7-9,12-16H,5-6,10-11,17-19H2,1-4H3/b22-12-. The maximum atomic E-state index is 13.1. The summed E-state index contributed by atoms with van der Waals surface area (Å²) in [7, 11) is 3.10. The van der Waals surface area contributed by atoms with E-state index in [1.54, 1.807) is 50.4 Å². The molecule has 0 fully saturated rings. The van der Waals surface area contributed by atoms with Gasteiger partial charge in [0, 0.05) is 42.4 Å². The van der Waals surface area contributed by atoms with Gasteiger partial charge in [0.25, 0.3) is 0 Å². The summed E-state index contributed by atoms with van der Waals surface area (Å²) < 4.78 is 43.5. The van der Waals surface area contributed by atoms with Crippen molar-refractivity contribution in [2.75, 3.05) is 47.8 Å². The van der Waals surface area contributed by atoms with E-state index in [-0.39, 0.29) is 33.4 Å². The quantitative estimate of drug-likeness (QED) is 0.109. The van der Waals surface area contributed by atoms with E-state index in [1.807, 2.05) is 19.1 Å². The molecule has 0 N–H and O–H groups in total. The van der Waals surface area contributed by atoms with Gasteiger partial charge in [-0.2, -0.15) is 4.98 Å². The Kier molecular flexibility index (Phi) is 10.7. The van der Waals surface area contributed by atoms with Crippen LogP contribution >= 0.6 is 0 Å². The van der Waals surface area contributed by atoms with Crippen LogP contribution in [0.4, 0.5) is 0 Å². The van der Waals surface area contributed by atoms with Crippen LogP contribution in [0.5, 0.6) is 28.9 Å². The molecule has 1 aromatic heterocycles. The summed E-state index contributed by atoms with van der Waals surface area (Å²) in [4.78, 5) is 22.4. The summed E-state index contributed by atoms with van der Waals surface area (Å²) in [5.41, 5.74) is 2.26. The Morgan fingerprint density at radius 3 is 2.59 bits per heavy atom. The number of hydrogen-bond acceptors (Lipinski definition) is 11. The number of carbonyl (C=O) groups is 1. The minimum Gasteiger partial charge on any atom is -0.496 e. The van der Waals surface area contributed by atoms with Gasteiger partial charge in [-0.3, -0.25) is 0 Å². The second-order valence-electron chi connectivity index (χ2n) is 8.79. The van der Waals surface area contributed by atoms with Gasteiger partial charge in [0.2, 0.25) is 12.7 Å². The summed E-state index contributed by atoms with van der Waals surface area (Å²) >= 11 is 0. The third-order valence-electron chi connectivity index (χ3n) is 5.80. The van der Waals surface area contributed by atoms with Crippen molar-refractivity contribution in [3.05, 3.63) is 59.3 Å². The van der Waals surface area contributed by atoms with Crippen molar-refractivity contribution < 1.29 is 42.7 Å². The molecule has 4 rings (SSSR count). The van der Waals surface area contributed by atoms with Crippen LogP contribution in [0.2, 0.25) is 0 Å². The van der Waals surface area contributed by atoms with Gasteiger partial charge in [0.05, 0.1) is 26.0 Å². The van der Waals surface area contributed by atoms with Gasteiger partial charge < -0.3 is 37.9 Å². The maximum Gasteiger partial charge on any atom is 0.334 e. The average molecular weight is 567 g/mol. The van der Waals surface area contributed by atoms with E-state index < -0.39 is 5.97 Å². The van der Waals surface area contributed by atoms with Gasteiger partial charge in [-0.25, -0.2) is 9.78 Å². The molecular formula is C30H34N2O9. The monoisotopic (exact) mass is 566 g/mol. The summed E-state index contributed by atoms with van der Waals surface area (Å²) in [6.07, 6.45) is 2.67. The summed E-state index contributed by atoms with van der Waals surface area (Å²) in [5.74, 6) is 2.60. The number of ether oxygens (including phenoxy) is 8. The Labute approximate surface area is 238 Å². The third-order valence-corrected chi connectivity index (χ3v) is 5.80. The predicted molar refractivity (Wildman–Crippen MR) is 149 cm³/mol. The van der Waals surface area contributed by atoms with E-state index in [1.165, 1.54) is 7.11 Å². The molecule has 0 atom stereocenters. The Bertz CT molecular complexity index is 1360. The molecule has 11 nitrogen and oxygen atoms in total. The number of nitrogens with zero attached hydrogens (tertiary/aromatic N) is 2. The summed E-state index contributed by atoms with van der Waals surface area (Å²) in [6, 6.07) is 12.5. The Hall–Kier alpha value is -4.35. The van der Waals surface area contributed by atoms with Crippen molar-refractivity contribution in [1.82, 2.24) is 9.97 Å². The molecule has 3 aromatic rings. The second-order valence-corrected chi connectivity index (χ2v) is 8.79. The molecule has 0 amide bonds. The molecule has 0 saturated heterocycles. The number of benzene rings is 2. The predicted octanol–water partition coefficient (Wildman–Crippen LogP) is 4.82. The van der Waals surface area contributed by atoms with Crippen molar-refractivity contribution in [2.24, 2.45) is 0 Å². The molecule has 0 spiro atoms. The van der Waals surface area contributed by atoms with Gasteiger partial charge in [0.15, 0.2) is 24.1 Å². The molecule has 2 aromatic carbocycles. The fourth-order valence-electron chi connectivity index (χ4n) is 3.96. The van der Waals surface area contributed by atoms with Crippen LogP contribution in [0.1, 0.15) is 31.5 Å². The van der Waals surface area contributed by atoms with E-state index in [4.69, 9.17) is 42.9 Å². The Morgan fingerprint density at radius 2 is 1.83 bits per heavy atom. The van der Waals surface area contributed by atoms with Crippen LogP contribution in [-0.2, 0) is 25.4 Å². The van der Waals surface area contributed by atoms with Gasteiger partial charge in [-0.1, -0.05) is 19.1 Å². The lowest BCUT2D eigenvalue weighted by Crippen LogP contribution is -2.11. The summed E-state index contributed by atoms with van der Waals surface area (Å²) in [5, 5.41) is 0. The molecular weight excluding hydrogens is 532 g/mol. The largest absolute Gasteiger partial charge is 0.496 e. The third kappa shape index (κ3) is 8.09. The first-order valence-corrected chi connectivity index (χ1v) is 13.2. The number of fused-ring (bicyclic) bond motifs is 1. The fraction of sp³-hybridized carbons (Fsp3) is 0.367. The molecule has 11 heteroatoms. The first kappa shape index (κ1) is 29.6. The number of rotatable bonds is 15. The van der Waals surface area contributed by atoms with Gasteiger partial charge in [0.1, 0.15) is 18.3 Å². The molecule has 1 aliphatic heterocycles. The number of hydrogen-bond donors (Lipinski definition) is 0. The van der Waals surface area contributed by atoms with Crippen LogP contribution in [0, 0.1) is 0 Å². The topological polar surface area (TPSA) is 117 Å². The van der Waals surface area contributed by atoms with E-state index >= 15 is 0 Å². The zero-order chi connectivity index (χ0) is 29.0. The lowest BCUT2D eigenvalue weighted by atomic mass is 10.0. The minimum absolute atomic E-state index is 0.0258. The Balaban J connectivity index is 1.70. The highest BCUT2D eigenvalue weighted by atomic mass is 16.7. The van der Waals surface area contributed by atoms with Crippen LogP contribution < -0.4 is 23.7 Å². The van der Waals surface area contributed by atoms with Crippen molar-refractivity contribution in [1.29, 1.82) is 0 Å². The molecule has 0 unspecified atom stereocenters. The second kappa shape index (κ2) is 14.9. The summed E-state index contributed by atoms with van der Waals surface area (Å²) in [6.45, 7) is 4.72. The van der Waals surface area contributed by atoms with E-state index in [9.17, 15) is 4.79 Å². The highest BCUT2D eigenvalue weighted by Crippen LogP contribution is 2.39. The zero-order valence-corrected chi connectivity index (χ0v) is 23.6. The number of esters is 1. The van der Waals surface area contributed by atoms with Crippen molar-refractivity contribution in [3.8, 4) is 40.3 Å². The van der Waals surface area contributed by atoms with Crippen molar-refractivity contribution in [2.45, 2.75) is 26.7 Å². The molecule has 1 aliphatic rings. The minimum atomic E-state index is -0.477. The zero-order valence-electron chi connectivity index (χ0n) is 23.6. The molecule has 41 heavy (non-hydrogen) atoms. The fourth-order valence-corrected chi connectivity index (χ4v) is 3.96. The first-order valence-electron chi connectivity index (χ1n) is 13.2. The smallest absolute Gasteiger partial charge is 0.334 e. The SMILES string of the molecule is CCCOc1cc(/C=C(/Cc2cc3c(cc2OC)OCO3)C(=O)OCC)nc(-c2cccc(OCOCOC)c2)n1. The average Bonchev–Trinajstić information content (AvgIpc) is 3.45. The number of methoxy groups -OCH3 is 2. The molecule has 0 radical (unpaired) electrons. The van der Waals surface area contributed by atoms with E-state index in [2.05, 4.69) is 4.98 Å². The van der Waals surface area contributed by atoms with E-state index in [0.29, 0.717) is 58.1 Å². The van der Waals surface area contributed by atoms with Crippen molar-refractivity contribution >= 4 is 12.0 Å². The van der Waals surface area contributed by atoms with Gasteiger partial charge >= 0.3 is 5.97 Å². The first-order chi connectivity index (χ1) is 20.0. The molecule has 218 valence electrons. The normalized spacial score (nSPS) is 12.2. The highest BCUT2D eigenvalue weighted by Gasteiger charge is 2.21. The lowest BCUT2D eigenvalue weighted by Gasteiger charge is -2.13. The highest BCUT2D eigenvalue weighted by molar-refractivity contribution is 5.94. The van der Waals surface area contributed by atoms with Gasteiger partial charge in [-0.15, -0.1) is 0 Å². The van der Waals surface area contributed by atoms with Crippen LogP contribution in [0.3, 0.4) is 0 Å². The lowest BCUT2D eigenvalue weighted by molar-refractivity contribution is -0.138.